The molecular formula is C20H20F2N4O5. The number of morpholine rings is 1. The number of hydrogen-bond acceptors (Lipinski definition) is 6. The third kappa shape index (κ3) is 5.80. The van der Waals surface area contributed by atoms with Gasteiger partial charge in [0.2, 0.25) is 5.82 Å². The summed E-state index contributed by atoms with van der Waals surface area (Å²) < 4.78 is 32.1. The maximum Gasteiger partial charge on any atom is 0.313 e. The van der Waals surface area contributed by atoms with E-state index in [2.05, 4.69) is 15.5 Å². The molecule has 0 saturated carbocycles. The van der Waals surface area contributed by atoms with Crippen LogP contribution in [0, 0.1) is 21.7 Å². The summed E-state index contributed by atoms with van der Waals surface area (Å²) in [5.74, 6) is -3.46. The Hall–Kier alpha value is -3.44. The zero-order valence-electron chi connectivity index (χ0n) is 16.3. The predicted molar refractivity (Wildman–Crippen MR) is 106 cm³/mol. The van der Waals surface area contributed by atoms with E-state index in [1.807, 2.05) is 0 Å². The number of nitrogens with zero attached hydrogens (tertiary/aromatic N) is 2. The van der Waals surface area contributed by atoms with Crippen molar-refractivity contribution in [1.29, 1.82) is 0 Å². The summed E-state index contributed by atoms with van der Waals surface area (Å²) in [6.45, 7) is 2.29. The van der Waals surface area contributed by atoms with E-state index < -0.39 is 28.2 Å². The second-order valence-corrected chi connectivity index (χ2v) is 6.80. The van der Waals surface area contributed by atoms with Crippen LogP contribution >= 0.6 is 0 Å². The Morgan fingerprint density at radius 3 is 2.42 bits per heavy atom. The Morgan fingerprint density at radius 2 is 1.77 bits per heavy atom. The van der Waals surface area contributed by atoms with Gasteiger partial charge in [-0.05, 0) is 29.8 Å². The standard InChI is InChI=1S/C20H20F2N4O5/c21-14-3-1-13(2-4-14)18(25-7-9-31-10-8-25)12-23-19(27)20(28)24-15-5-6-16(22)17(11-15)26(29)30/h1-6,11,18H,7-10,12H2,(H,23,27)(H,24,28). The van der Waals surface area contributed by atoms with Crippen LogP contribution in [0.5, 0.6) is 0 Å². The molecule has 0 bridgehead atoms. The van der Waals surface area contributed by atoms with Gasteiger partial charge in [0.25, 0.3) is 0 Å². The number of ether oxygens (including phenoxy) is 1. The van der Waals surface area contributed by atoms with Gasteiger partial charge in [-0.3, -0.25) is 24.6 Å². The molecule has 1 fully saturated rings. The maximum absolute atomic E-state index is 13.4. The third-order valence-corrected chi connectivity index (χ3v) is 4.80. The molecule has 0 spiro atoms. The van der Waals surface area contributed by atoms with Gasteiger partial charge in [-0.15, -0.1) is 0 Å². The van der Waals surface area contributed by atoms with Crippen molar-refractivity contribution in [1.82, 2.24) is 10.2 Å². The quantitative estimate of drug-likeness (QED) is 0.408. The predicted octanol–water partition coefficient (Wildman–Crippen LogP) is 2.00. The van der Waals surface area contributed by atoms with Gasteiger partial charge in [0, 0.05) is 31.4 Å². The van der Waals surface area contributed by atoms with E-state index in [0.29, 0.717) is 26.3 Å². The molecule has 1 aliphatic heterocycles. The first kappa shape index (κ1) is 22.2. The lowest BCUT2D eigenvalue weighted by atomic mass is 10.0. The molecule has 11 heteroatoms. The molecule has 1 unspecified atom stereocenters. The zero-order valence-corrected chi connectivity index (χ0v) is 16.3. The second-order valence-electron chi connectivity index (χ2n) is 6.80. The van der Waals surface area contributed by atoms with E-state index in [4.69, 9.17) is 4.74 Å². The van der Waals surface area contributed by atoms with Crippen LogP contribution < -0.4 is 10.6 Å². The van der Waals surface area contributed by atoms with Gasteiger partial charge in [-0.25, -0.2) is 4.39 Å². The monoisotopic (exact) mass is 434 g/mol. The summed E-state index contributed by atoms with van der Waals surface area (Å²) in [6, 6.07) is 8.32. The Morgan fingerprint density at radius 1 is 1.10 bits per heavy atom. The number of nitro groups is 1. The fourth-order valence-electron chi connectivity index (χ4n) is 3.22. The van der Waals surface area contributed by atoms with Crippen LogP contribution in [0.2, 0.25) is 0 Å². The molecule has 1 saturated heterocycles. The minimum Gasteiger partial charge on any atom is -0.379 e. The summed E-state index contributed by atoms with van der Waals surface area (Å²) >= 11 is 0. The minimum absolute atomic E-state index is 0.0709. The molecule has 2 N–H and O–H groups in total. The summed E-state index contributed by atoms with van der Waals surface area (Å²) in [4.78, 5) is 36.4. The number of rotatable bonds is 6. The van der Waals surface area contributed by atoms with Crippen molar-refractivity contribution in [2.75, 3.05) is 38.2 Å². The summed E-state index contributed by atoms with van der Waals surface area (Å²) in [5.41, 5.74) is -0.142. The molecule has 9 nitrogen and oxygen atoms in total. The molecule has 2 aromatic rings. The molecule has 1 aliphatic rings. The Labute approximate surface area is 176 Å². The SMILES string of the molecule is O=C(NCC(c1ccc(F)cc1)N1CCOCC1)C(=O)Nc1ccc(F)c([N+](=O)[O-])c1. The summed E-state index contributed by atoms with van der Waals surface area (Å²) in [5, 5.41) is 15.5. The lowest BCUT2D eigenvalue weighted by molar-refractivity contribution is -0.387. The Balaban J connectivity index is 1.66. The summed E-state index contributed by atoms with van der Waals surface area (Å²) in [6.07, 6.45) is 0. The van der Waals surface area contributed by atoms with Gasteiger partial charge < -0.3 is 15.4 Å². The van der Waals surface area contributed by atoms with Crippen molar-refractivity contribution in [3.05, 3.63) is 69.8 Å². The number of hydrogen-bond donors (Lipinski definition) is 2. The van der Waals surface area contributed by atoms with Crippen LogP contribution in [0.4, 0.5) is 20.2 Å². The van der Waals surface area contributed by atoms with Crippen LogP contribution in [-0.4, -0.2) is 54.5 Å². The lowest BCUT2D eigenvalue weighted by Gasteiger charge is -2.34. The lowest BCUT2D eigenvalue weighted by Crippen LogP contribution is -2.45. The van der Waals surface area contributed by atoms with Crippen molar-refractivity contribution >= 4 is 23.2 Å². The van der Waals surface area contributed by atoms with Crippen LogP contribution in [0.3, 0.4) is 0 Å². The highest BCUT2D eigenvalue weighted by Crippen LogP contribution is 2.23. The smallest absolute Gasteiger partial charge is 0.313 e. The van der Waals surface area contributed by atoms with Crippen molar-refractivity contribution < 1.29 is 28.0 Å². The van der Waals surface area contributed by atoms with Gasteiger partial charge in [-0.2, -0.15) is 4.39 Å². The number of anilines is 1. The third-order valence-electron chi connectivity index (χ3n) is 4.80. The molecule has 164 valence electrons. The van der Waals surface area contributed by atoms with E-state index in [1.54, 1.807) is 12.1 Å². The average Bonchev–Trinajstić information content (AvgIpc) is 2.76. The molecule has 0 aliphatic carbocycles. The normalized spacial score (nSPS) is 15.2. The largest absolute Gasteiger partial charge is 0.379 e. The molecular weight excluding hydrogens is 414 g/mol. The van der Waals surface area contributed by atoms with Crippen molar-refractivity contribution in [3.8, 4) is 0 Å². The van der Waals surface area contributed by atoms with Crippen LogP contribution in [0.25, 0.3) is 0 Å². The highest BCUT2D eigenvalue weighted by molar-refractivity contribution is 6.39. The van der Waals surface area contributed by atoms with Gasteiger partial charge in [0.05, 0.1) is 24.2 Å². The zero-order chi connectivity index (χ0) is 22.4. The van der Waals surface area contributed by atoms with Crippen LogP contribution in [0.1, 0.15) is 11.6 Å². The molecule has 1 atom stereocenters. The molecule has 0 aromatic heterocycles. The first-order valence-corrected chi connectivity index (χ1v) is 9.45. The fourth-order valence-corrected chi connectivity index (χ4v) is 3.22. The highest BCUT2D eigenvalue weighted by atomic mass is 19.1. The molecule has 2 amide bonds. The topological polar surface area (TPSA) is 114 Å². The van der Waals surface area contributed by atoms with E-state index in [9.17, 15) is 28.5 Å². The van der Waals surface area contributed by atoms with E-state index >= 15 is 0 Å². The number of nitro benzene ring substituents is 1. The van der Waals surface area contributed by atoms with E-state index in [-0.39, 0.29) is 24.1 Å². The van der Waals surface area contributed by atoms with Crippen LogP contribution in [0.15, 0.2) is 42.5 Å². The number of carbonyl (C=O) groups is 2. The fraction of sp³-hybridized carbons (Fsp3) is 0.300. The van der Waals surface area contributed by atoms with Crippen molar-refractivity contribution in [3.63, 3.8) is 0 Å². The number of amides is 2. The van der Waals surface area contributed by atoms with Crippen molar-refractivity contribution in [2.24, 2.45) is 0 Å². The first-order valence-electron chi connectivity index (χ1n) is 9.45. The molecule has 0 radical (unpaired) electrons. The number of benzene rings is 2. The van der Waals surface area contributed by atoms with Gasteiger partial charge in [0.15, 0.2) is 0 Å². The van der Waals surface area contributed by atoms with Crippen LogP contribution in [-0.2, 0) is 14.3 Å². The van der Waals surface area contributed by atoms with E-state index in [1.165, 1.54) is 12.1 Å². The maximum atomic E-state index is 13.4. The average molecular weight is 434 g/mol. The Kier molecular flexibility index (Phi) is 7.21. The minimum atomic E-state index is -1.06. The highest BCUT2D eigenvalue weighted by Gasteiger charge is 2.25. The number of halogens is 2. The van der Waals surface area contributed by atoms with Gasteiger partial charge in [0.1, 0.15) is 5.82 Å². The Bertz CT molecular complexity index is 965. The summed E-state index contributed by atoms with van der Waals surface area (Å²) in [7, 11) is 0. The number of carbonyl (C=O) groups excluding carboxylic acids is 2. The van der Waals surface area contributed by atoms with Crippen molar-refractivity contribution in [2.45, 2.75) is 6.04 Å². The molecule has 31 heavy (non-hydrogen) atoms. The van der Waals surface area contributed by atoms with Gasteiger partial charge in [-0.1, -0.05) is 12.1 Å². The first-order chi connectivity index (χ1) is 14.8. The van der Waals surface area contributed by atoms with Gasteiger partial charge >= 0.3 is 17.5 Å². The van der Waals surface area contributed by atoms with E-state index in [0.717, 1.165) is 23.8 Å². The molecule has 1 heterocycles. The molecule has 3 rings (SSSR count). The number of nitrogens with one attached hydrogen (secondary N) is 2. The molecule has 2 aromatic carbocycles. The second kappa shape index (κ2) is 10.0.